The van der Waals surface area contributed by atoms with Crippen molar-refractivity contribution < 1.29 is 23.8 Å². The summed E-state index contributed by atoms with van der Waals surface area (Å²) >= 11 is 0. The summed E-state index contributed by atoms with van der Waals surface area (Å²) in [6.07, 6.45) is 2.47. The van der Waals surface area contributed by atoms with Gasteiger partial charge in [0, 0.05) is 12.0 Å². The van der Waals surface area contributed by atoms with Gasteiger partial charge in [-0.1, -0.05) is 36.4 Å². The minimum Gasteiger partial charge on any atom is -0.496 e. The van der Waals surface area contributed by atoms with Gasteiger partial charge in [-0.25, -0.2) is 9.59 Å². The maximum atomic E-state index is 12.4. The molecule has 0 aliphatic carbocycles. The molecule has 0 aromatic heterocycles. The normalized spacial score (nSPS) is 11.9. The molecule has 0 fully saturated rings. The second-order valence-electron chi connectivity index (χ2n) is 8.92. The lowest BCUT2D eigenvalue weighted by Gasteiger charge is -2.19. The minimum absolute atomic E-state index is 0.327. The van der Waals surface area contributed by atoms with Crippen molar-refractivity contribution in [2.75, 3.05) is 14.2 Å². The Bertz CT molecular complexity index is 1210. The summed E-state index contributed by atoms with van der Waals surface area (Å²) in [6.45, 7) is 7.32. The Morgan fingerprint density at radius 2 is 1.70 bits per heavy atom. The largest absolute Gasteiger partial charge is 0.496 e. The number of methoxy groups -OCH3 is 2. The number of hydrogen-bond donors (Lipinski definition) is 0. The monoisotopic (exact) mass is 446 g/mol. The van der Waals surface area contributed by atoms with Gasteiger partial charge in [-0.3, -0.25) is 0 Å². The van der Waals surface area contributed by atoms with E-state index < -0.39 is 11.6 Å². The molecule has 3 aromatic carbocycles. The van der Waals surface area contributed by atoms with Crippen molar-refractivity contribution in [3.63, 3.8) is 0 Å². The van der Waals surface area contributed by atoms with Gasteiger partial charge in [0.15, 0.2) is 0 Å². The standard InChI is InChI=1S/C28H30O5/c1-18(26(29)33-28(2,3)4)14-19-10-11-20-8-7-9-21(24(20)15-19)16-22-12-13-23(27(30)32-6)17-25(22)31-5/h7-15,17H,16H2,1-6H3. The van der Waals surface area contributed by atoms with Gasteiger partial charge in [0.25, 0.3) is 0 Å². The highest BCUT2D eigenvalue weighted by Gasteiger charge is 2.17. The van der Waals surface area contributed by atoms with Crippen LogP contribution in [0.4, 0.5) is 0 Å². The molecule has 0 saturated carbocycles. The first-order valence-corrected chi connectivity index (χ1v) is 10.8. The van der Waals surface area contributed by atoms with Gasteiger partial charge in [0.05, 0.1) is 19.8 Å². The van der Waals surface area contributed by atoms with Crippen molar-refractivity contribution in [1.29, 1.82) is 0 Å². The van der Waals surface area contributed by atoms with E-state index in [1.54, 1.807) is 26.2 Å². The third kappa shape index (κ3) is 6.01. The van der Waals surface area contributed by atoms with Crippen LogP contribution in [0.25, 0.3) is 16.8 Å². The number of carbonyl (C=O) groups is 2. The van der Waals surface area contributed by atoms with E-state index in [4.69, 9.17) is 14.2 Å². The van der Waals surface area contributed by atoms with Crippen molar-refractivity contribution in [3.8, 4) is 5.75 Å². The van der Waals surface area contributed by atoms with Gasteiger partial charge in [-0.2, -0.15) is 0 Å². The molecular formula is C28H30O5. The molecule has 3 aromatic rings. The maximum absolute atomic E-state index is 12.4. The second kappa shape index (κ2) is 9.90. The van der Waals surface area contributed by atoms with Gasteiger partial charge in [-0.15, -0.1) is 0 Å². The van der Waals surface area contributed by atoms with E-state index in [1.807, 2.05) is 51.1 Å². The Hall–Kier alpha value is -3.60. The smallest absolute Gasteiger partial charge is 0.337 e. The van der Waals surface area contributed by atoms with E-state index in [9.17, 15) is 9.59 Å². The number of fused-ring (bicyclic) bond motifs is 1. The van der Waals surface area contributed by atoms with Crippen LogP contribution < -0.4 is 4.74 Å². The van der Waals surface area contributed by atoms with Gasteiger partial charge in [0.1, 0.15) is 11.4 Å². The van der Waals surface area contributed by atoms with Gasteiger partial charge < -0.3 is 14.2 Å². The third-order valence-electron chi connectivity index (χ3n) is 5.19. The van der Waals surface area contributed by atoms with Crippen LogP contribution in [-0.4, -0.2) is 31.8 Å². The molecule has 0 saturated heterocycles. The minimum atomic E-state index is -0.536. The summed E-state index contributed by atoms with van der Waals surface area (Å²) in [4.78, 5) is 24.2. The molecule has 0 atom stereocenters. The molecule has 0 N–H and O–H groups in total. The van der Waals surface area contributed by atoms with E-state index in [1.165, 1.54) is 7.11 Å². The van der Waals surface area contributed by atoms with E-state index in [2.05, 4.69) is 18.2 Å². The number of carbonyl (C=O) groups excluding carboxylic acids is 2. The summed E-state index contributed by atoms with van der Waals surface area (Å²) in [5.74, 6) is -0.0974. The number of hydrogen-bond acceptors (Lipinski definition) is 5. The molecule has 5 nitrogen and oxygen atoms in total. The predicted octanol–water partition coefficient (Wildman–Crippen LogP) is 5.97. The van der Waals surface area contributed by atoms with Crippen LogP contribution in [-0.2, 0) is 20.7 Å². The summed E-state index contributed by atoms with van der Waals surface area (Å²) in [7, 11) is 2.95. The highest BCUT2D eigenvalue weighted by atomic mass is 16.6. The predicted molar refractivity (Wildman–Crippen MR) is 131 cm³/mol. The van der Waals surface area contributed by atoms with Crippen molar-refractivity contribution in [2.24, 2.45) is 0 Å². The fourth-order valence-electron chi connectivity index (χ4n) is 3.61. The fourth-order valence-corrected chi connectivity index (χ4v) is 3.61. The van der Waals surface area contributed by atoms with Crippen LogP contribution in [0.1, 0.15) is 54.7 Å². The molecule has 172 valence electrons. The zero-order valence-corrected chi connectivity index (χ0v) is 20.0. The molecule has 0 radical (unpaired) electrons. The van der Waals surface area contributed by atoms with Gasteiger partial charge >= 0.3 is 11.9 Å². The molecule has 0 bridgehead atoms. The van der Waals surface area contributed by atoms with Crippen LogP contribution >= 0.6 is 0 Å². The van der Waals surface area contributed by atoms with Crippen molar-refractivity contribution in [1.82, 2.24) is 0 Å². The zero-order chi connectivity index (χ0) is 24.2. The van der Waals surface area contributed by atoms with E-state index in [-0.39, 0.29) is 5.97 Å². The van der Waals surface area contributed by atoms with Crippen molar-refractivity contribution in [3.05, 3.63) is 82.4 Å². The zero-order valence-electron chi connectivity index (χ0n) is 20.0. The summed E-state index contributed by atoms with van der Waals surface area (Å²) in [6, 6.07) is 17.6. The molecule has 33 heavy (non-hydrogen) atoms. The molecule has 0 spiro atoms. The first kappa shape index (κ1) is 24.1. The molecule has 0 aliphatic heterocycles. The Labute approximate surface area is 195 Å². The number of esters is 2. The molecular weight excluding hydrogens is 416 g/mol. The lowest BCUT2D eigenvalue weighted by atomic mass is 9.95. The van der Waals surface area contributed by atoms with Crippen LogP contribution in [0.15, 0.2) is 60.2 Å². The second-order valence-corrected chi connectivity index (χ2v) is 8.92. The lowest BCUT2D eigenvalue weighted by Crippen LogP contribution is -2.24. The number of benzene rings is 3. The molecule has 3 rings (SSSR count). The Kier molecular flexibility index (Phi) is 7.22. The molecule has 0 heterocycles. The van der Waals surface area contributed by atoms with E-state index in [0.29, 0.717) is 23.3 Å². The topological polar surface area (TPSA) is 61.8 Å². The quantitative estimate of drug-likeness (QED) is 0.345. The van der Waals surface area contributed by atoms with Crippen LogP contribution in [0.2, 0.25) is 0 Å². The number of ether oxygens (including phenoxy) is 3. The van der Waals surface area contributed by atoms with E-state index in [0.717, 1.165) is 27.5 Å². The Balaban J connectivity index is 1.96. The highest BCUT2D eigenvalue weighted by molar-refractivity contribution is 5.95. The molecule has 0 aliphatic rings. The summed E-state index contributed by atoms with van der Waals surface area (Å²) in [5.41, 5.74) is 3.45. The van der Waals surface area contributed by atoms with Crippen molar-refractivity contribution in [2.45, 2.75) is 39.7 Å². The molecule has 0 unspecified atom stereocenters. The average molecular weight is 447 g/mol. The van der Waals surface area contributed by atoms with Crippen LogP contribution in [0.3, 0.4) is 0 Å². The summed E-state index contributed by atoms with van der Waals surface area (Å²) < 4.78 is 15.8. The first-order valence-electron chi connectivity index (χ1n) is 10.8. The van der Waals surface area contributed by atoms with Crippen LogP contribution in [0, 0.1) is 0 Å². The summed E-state index contributed by atoms with van der Waals surface area (Å²) in [5, 5.41) is 2.19. The first-order chi connectivity index (χ1) is 15.6. The van der Waals surface area contributed by atoms with Crippen molar-refractivity contribution >= 4 is 28.8 Å². The molecule has 0 amide bonds. The molecule has 5 heteroatoms. The van der Waals surface area contributed by atoms with E-state index >= 15 is 0 Å². The Morgan fingerprint density at radius 1 is 0.939 bits per heavy atom. The number of rotatable bonds is 6. The SMILES string of the molecule is COC(=O)c1ccc(Cc2cccc3ccc(C=C(C)C(=O)OC(C)(C)C)cc23)c(OC)c1. The van der Waals surface area contributed by atoms with Gasteiger partial charge in [-0.05, 0) is 79.4 Å². The average Bonchev–Trinajstić information content (AvgIpc) is 2.78. The fraction of sp³-hybridized carbons (Fsp3) is 0.286. The van der Waals surface area contributed by atoms with Crippen LogP contribution in [0.5, 0.6) is 5.75 Å². The van der Waals surface area contributed by atoms with Gasteiger partial charge in [0.2, 0.25) is 0 Å². The highest BCUT2D eigenvalue weighted by Crippen LogP contribution is 2.28. The maximum Gasteiger partial charge on any atom is 0.337 e. The lowest BCUT2D eigenvalue weighted by molar-refractivity contribution is -0.149. The third-order valence-corrected chi connectivity index (χ3v) is 5.19. The Morgan fingerprint density at radius 3 is 2.36 bits per heavy atom.